The quantitative estimate of drug-likeness (QED) is 0.339. The largest absolute Gasteiger partial charge is 0.265 e. The van der Waals surface area contributed by atoms with Crippen LogP contribution in [0.1, 0.15) is 5.56 Å². The molecule has 2 aromatic heterocycles. The lowest BCUT2D eigenvalue weighted by atomic mass is 10.1. The predicted octanol–water partition coefficient (Wildman–Crippen LogP) is 6.40. The van der Waals surface area contributed by atoms with Gasteiger partial charge in [0.25, 0.3) is 0 Å². The Morgan fingerprint density at radius 2 is 1.03 bits per heavy atom. The molecule has 0 saturated heterocycles. The number of hydrogen-bond acceptors (Lipinski definition) is 4. The molecule has 0 spiro atoms. The summed E-state index contributed by atoms with van der Waals surface area (Å²) >= 11 is 0. The third-order valence-corrected chi connectivity index (χ3v) is 4.71. The van der Waals surface area contributed by atoms with Crippen LogP contribution in [0.3, 0.4) is 0 Å². The smallest absolute Gasteiger partial charge is 0.167 e. The van der Waals surface area contributed by atoms with Crippen molar-refractivity contribution < 1.29 is 4.39 Å². The highest BCUT2D eigenvalue weighted by molar-refractivity contribution is 5.68. The second-order valence-electron chi connectivity index (χ2n) is 6.99. The number of nitrogens with zero attached hydrogens (tertiary/aromatic N) is 4. The Morgan fingerprint density at radius 3 is 1.47 bits per heavy atom. The molecule has 0 aliphatic carbocycles. The molecule has 2 heterocycles. The molecule has 32 heavy (non-hydrogen) atoms. The lowest BCUT2D eigenvalue weighted by Crippen LogP contribution is -2.02. The van der Waals surface area contributed by atoms with Gasteiger partial charge in [-0.3, -0.25) is 4.98 Å². The molecule has 0 amide bonds. The van der Waals surface area contributed by atoms with E-state index in [0.717, 1.165) is 16.7 Å². The minimum absolute atomic E-state index is 0.339. The van der Waals surface area contributed by atoms with Crippen LogP contribution in [0.5, 0.6) is 0 Å². The molecule has 0 unspecified atom stereocenters. The number of aryl methyl sites for hydroxylation is 1. The van der Waals surface area contributed by atoms with Gasteiger partial charge < -0.3 is 0 Å². The molecule has 0 saturated carbocycles. The Hall–Kier alpha value is -4.25. The minimum atomic E-state index is -0.339. The molecule has 3 aromatic carbocycles. The maximum absolute atomic E-state index is 14.5. The molecule has 0 atom stereocenters. The molecule has 5 rings (SSSR count). The molecule has 5 heteroatoms. The van der Waals surface area contributed by atoms with Crippen LogP contribution < -0.4 is 0 Å². The van der Waals surface area contributed by atoms with Gasteiger partial charge in [-0.15, -0.1) is 0 Å². The van der Waals surface area contributed by atoms with Crippen LogP contribution in [0.15, 0.2) is 109 Å². The maximum atomic E-state index is 14.5. The van der Waals surface area contributed by atoms with Crippen molar-refractivity contribution in [1.29, 1.82) is 0 Å². The van der Waals surface area contributed by atoms with Gasteiger partial charge in [0.1, 0.15) is 5.82 Å². The summed E-state index contributed by atoms with van der Waals surface area (Å²) in [6, 6.07) is 30.0. The zero-order chi connectivity index (χ0) is 22.2. The molecule has 4 nitrogen and oxygen atoms in total. The van der Waals surface area contributed by atoms with Crippen molar-refractivity contribution >= 4 is 0 Å². The summed E-state index contributed by atoms with van der Waals surface area (Å²) in [6.07, 6.45) is 3.50. The van der Waals surface area contributed by atoms with Crippen molar-refractivity contribution in [2.45, 2.75) is 6.92 Å². The molecule has 0 radical (unpaired) electrons. The molecular weight excluding hydrogens is 399 g/mol. The average Bonchev–Trinajstić information content (AvgIpc) is 2.86. The molecular formula is C27H21FN4. The van der Waals surface area contributed by atoms with Crippen molar-refractivity contribution in [2.24, 2.45) is 0 Å². The highest BCUT2D eigenvalue weighted by atomic mass is 19.1. The first-order valence-electron chi connectivity index (χ1n) is 10.2. The van der Waals surface area contributed by atoms with Gasteiger partial charge in [0.15, 0.2) is 17.5 Å². The lowest BCUT2D eigenvalue weighted by molar-refractivity contribution is 0.629. The van der Waals surface area contributed by atoms with E-state index in [4.69, 9.17) is 0 Å². The molecule has 5 aromatic rings. The fourth-order valence-corrected chi connectivity index (χ4v) is 3.15. The minimum Gasteiger partial charge on any atom is -0.265 e. The van der Waals surface area contributed by atoms with Crippen molar-refractivity contribution in [3.05, 3.63) is 121 Å². The molecule has 156 valence electrons. The van der Waals surface area contributed by atoms with E-state index in [2.05, 4.69) is 19.9 Å². The Bertz CT molecular complexity index is 1170. The van der Waals surface area contributed by atoms with E-state index in [1.54, 1.807) is 18.5 Å². The van der Waals surface area contributed by atoms with E-state index < -0.39 is 0 Å². The first-order chi connectivity index (χ1) is 15.7. The zero-order valence-corrected chi connectivity index (χ0v) is 17.6. The standard InChI is InChI=1S/C22H16FN3.C5H5N/c1-15-9-8-14-18(23)19(15)22-25-20(16-10-4-2-5-11-16)24-21(26-22)17-12-6-3-7-13-17;1-2-4-6-5-3-1/h2-14H,1H3;1-5H. The number of aromatic nitrogens is 4. The molecule has 0 fully saturated rings. The first kappa shape index (κ1) is 21.0. The number of halogens is 1. The lowest BCUT2D eigenvalue weighted by Gasteiger charge is -2.10. The normalized spacial score (nSPS) is 10.2. The van der Waals surface area contributed by atoms with Gasteiger partial charge in [0, 0.05) is 23.5 Å². The zero-order valence-electron chi connectivity index (χ0n) is 17.6. The Kier molecular flexibility index (Phi) is 6.68. The van der Waals surface area contributed by atoms with E-state index in [1.165, 1.54) is 6.07 Å². The summed E-state index contributed by atoms with van der Waals surface area (Å²) in [5, 5.41) is 0. The van der Waals surface area contributed by atoms with Crippen molar-refractivity contribution in [2.75, 3.05) is 0 Å². The summed E-state index contributed by atoms with van der Waals surface area (Å²) in [7, 11) is 0. The molecule has 0 aliphatic heterocycles. The van der Waals surface area contributed by atoms with Gasteiger partial charge in [-0.05, 0) is 30.7 Å². The van der Waals surface area contributed by atoms with E-state index in [-0.39, 0.29) is 5.82 Å². The van der Waals surface area contributed by atoms with Gasteiger partial charge in [-0.25, -0.2) is 19.3 Å². The van der Waals surface area contributed by atoms with Crippen molar-refractivity contribution in [1.82, 2.24) is 19.9 Å². The van der Waals surface area contributed by atoms with Gasteiger partial charge in [0.05, 0.1) is 5.56 Å². The third kappa shape index (κ3) is 5.08. The van der Waals surface area contributed by atoms with Gasteiger partial charge >= 0.3 is 0 Å². The fourth-order valence-electron chi connectivity index (χ4n) is 3.15. The Morgan fingerprint density at radius 1 is 0.531 bits per heavy atom. The SMILES string of the molecule is Cc1cccc(F)c1-c1nc(-c2ccccc2)nc(-c2ccccc2)n1.c1ccncc1. The third-order valence-electron chi connectivity index (χ3n) is 4.71. The number of rotatable bonds is 3. The van der Waals surface area contributed by atoms with E-state index in [1.807, 2.05) is 91.9 Å². The number of hydrogen-bond donors (Lipinski definition) is 0. The van der Waals surface area contributed by atoms with Gasteiger partial charge in [0.2, 0.25) is 0 Å². The summed E-state index contributed by atoms with van der Waals surface area (Å²) in [4.78, 5) is 17.5. The van der Waals surface area contributed by atoms with Gasteiger partial charge in [-0.1, -0.05) is 78.9 Å². The highest BCUT2D eigenvalue weighted by Gasteiger charge is 2.16. The average molecular weight is 420 g/mol. The first-order valence-corrected chi connectivity index (χ1v) is 10.2. The summed E-state index contributed by atoms with van der Waals surface area (Å²) in [5.74, 6) is 1.05. The van der Waals surface area contributed by atoms with Crippen molar-refractivity contribution in [3.8, 4) is 34.2 Å². The number of pyridine rings is 1. The topological polar surface area (TPSA) is 51.6 Å². The van der Waals surface area contributed by atoms with Crippen LogP contribution in [0.25, 0.3) is 34.2 Å². The van der Waals surface area contributed by atoms with Crippen LogP contribution in [0.4, 0.5) is 4.39 Å². The van der Waals surface area contributed by atoms with E-state index in [0.29, 0.717) is 23.0 Å². The highest BCUT2D eigenvalue weighted by Crippen LogP contribution is 2.28. The molecule has 0 bridgehead atoms. The Balaban J connectivity index is 0.000000354. The molecule has 0 aliphatic rings. The predicted molar refractivity (Wildman–Crippen MR) is 125 cm³/mol. The monoisotopic (exact) mass is 420 g/mol. The van der Waals surface area contributed by atoms with Crippen LogP contribution in [-0.4, -0.2) is 19.9 Å². The maximum Gasteiger partial charge on any atom is 0.167 e. The summed E-state index contributed by atoms with van der Waals surface area (Å²) < 4.78 is 14.5. The van der Waals surface area contributed by atoms with Crippen LogP contribution >= 0.6 is 0 Å². The van der Waals surface area contributed by atoms with E-state index in [9.17, 15) is 4.39 Å². The van der Waals surface area contributed by atoms with E-state index >= 15 is 0 Å². The summed E-state index contributed by atoms with van der Waals surface area (Å²) in [6.45, 7) is 1.85. The number of benzene rings is 3. The molecule has 0 N–H and O–H groups in total. The fraction of sp³-hybridized carbons (Fsp3) is 0.0370. The van der Waals surface area contributed by atoms with Crippen LogP contribution in [0.2, 0.25) is 0 Å². The van der Waals surface area contributed by atoms with Crippen molar-refractivity contribution in [3.63, 3.8) is 0 Å². The van der Waals surface area contributed by atoms with Gasteiger partial charge in [-0.2, -0.15) is 0 Å². The van der Waals surface area contributed by atoms with Crippen LogP contribution in [-0.2, 0) is 0 Å². The second-order valence-corrected chi connectivity index (χ2v) is 6.99. The second kappa shape index (κ2) is 10.2. The summed E-state index contributed by atoms with van der Waals surface area (Å²) in [5.41, 5.74) is 2.92. The Labute approximate surface area is 186 Å². The van der Waals surface area contributed by atoms with Crippen LogP contribution in [0, 0.1) is 12.7 Å².